The first-order chi connectivity index (χ1) is 13.0. The highest BCUT2D eigenvalue weighted by Gasteiger charge is 2.18. The molecule has 0 aromatic heterocycles. The first kappa shape index (κ1) is 19.8. The number of rotatable bonds is 4. The van der Waals surface area contributed by atoms with E-state index in [-0.39, 0.29) is 16.6 Å². The van der Waals surface area contributed by atoms with Crippen LogP contribution in [0.15, 0.2) is 64.4 Å². The summed E-state index contributed by atoms with van der Waals surface area (Å²) < 4.78 is 68.4. The predicted molar refractivity (Wildman–Crippen MR) is 95.9 cm³/mol. The Bertz CT molecular complexity index is 1300. The lowest BCUT2D eigenvalue weighted by atomic mass is 10.1. The Kier molecular flexibility index (Phi) is 4.85. The van der Waals surface area contributed by atoms with Gasteiger partial charge in [0.1, 0.15) is 26.0 Å². The third-order valence-electron chi connectivity index (χ3n) is 3.87. The Balaban J connectivity index is 2.27. The van der Waals surface area contributed by atoms with Crippen LogP contribution in [0.25, 0.3) is 10.8 Å². The highest BCUT2D eigenvalue weighted by atomic mass is 32.2. The minimum atomic E-state index is -5.08. The van der Waals surface area contributed by atoms with E-state index >= 15 is 0 Å². The summed E-state index contributed by atoms with van der Waals surface area (Å²) in [6.07, 6.45) is 0. The van der Waals surface area contributed by atoms with Gasteiger partial charge in [0.25, 0.3) is 5.91 Å². The van der Waals surface area contributed by atoms with Gasteiger partial charge in [0.2, 0.25) is 0 Å². The zero-order valence-electron chi connectivity index (χ0n) is 13.8. The highest BCUT2D eigenvalue weighted by molar-refractivity contribution is 7.86. The van der Waals surface area contributed by atoms with Crippen LogP contribution in [0.1, 0.15) is 10.4 Å². The number of amides is 1. The van der Waals surface area contributed by atoms with Gasteiger partial charge in [-0.15, -0.1) is 0 Å². The second-order valence-electron chi connectivity index (χ2n) is 5.70. The Hall–Kier alpha value is -2.99. The molecule has 0 atom stereocenters. The molecule has 11 heteroatoms. The second-order valence-corrected chi connectivity index (χ2v) is 8.43. The zero-order chi connectivity index (χ0) is 20.7. The number of carbonyl (C=O) groups is 1. The number of fused-ring (bicyclic) bond motifs is 1. The molecule has 28 heavy (non-hydrogen) atoms. The van der Waals surface area contributed by atoms with E-state index in [0.29, 0.717) is 12.1 Å². The summed E-state index contributed by atoms with van der Waals surface area (Å²) in [5, 5.41) is 11.9. The fourth-order valence-corrected chi connectivity index (χ4v) is 3.84. The molecule has 0 radical (unpaired) electrons. The van der Waals surface area contributed by atoms with Crippen molar-refractivity contribution in [2.75, 3.05) is 5.32 Å². The van der Waals surface area contributed by atoms with Crippen molar-refractivity contribution in [1.82, 2.24) is 0 Å². The molecule has 3 rings (SSSR count). The Morgan fingerprint density at radius 3 is 2.11 bits per heavy atom. The Labute approximate surface area is 159 Å². The SMILES string of the molecule is O=C(Nc1ccc(S(=O)(=O)[O-])c2cc(S(=O)(=O)[O-])cc(O)c12)c1ccccc1. The van der Waals surface area contributed by atoms with Crippen molar-refractivity contribution in [3.63, 3.8) is 0 Å². The first-order valence-corrected chi connectivity index (χ1v) is 10.4. The fraction of sp³-hybridized carbons (Fsp3) is 0. The van der Waals surface area contributed by atoms with Gasteiger partial charge in [0, 0.05) is 16.3 Å². The lowest BCUT2D eigenvalue weighted by Gasteiger charge is -2.17. The van der Waals surface area contributed by atoms with Crippen LogP contribution in [0, 0.1) is 0 Å². The number of hydrogen-bond acceptors (Lipinski definition) is 8. The largest absolute Gasteiger partial charge is 0.744 e. The van der Waals surface area contributed by atoms with Crippen molar-refractivity contribution < 1.29 is 35.8 Å². The van der Waals surface area contributed by atoms with Crippen molar-refractivity contribution in [3.8, 4) is 5.75 Å². The Morgan fingerprint density at radius 2 is 1.54 bits per heavy atom. The lowest BCUT2D eigenvalue weighted by Crippen LogP contribution is -2.12. The minimum Gasteiger partial charge on any atom is -0.744 e. The van der Waals surface area contributed by atoms with Crippen LogP contribution in [0.3, 0.4) is 0 Å². The lowest BCUT2D eigenvalue weighted by molar-refractivity contribution is 0.102. The van der Waals surface area contributed by atoms with E-state index in [0.717, 1.165) is 12.1 Å². The molecule has 0 fully saturated rings. The van der Waals surface area contributed by atoms with Gasteiger partial charge in [0.15, 0.2) is 0 Å². The molecular formula is C17H11NO8S2-2. The molecule has 0 aliphatic heterocycles. The monoisotopic (exact) mass is 421 g/mol. The number of carbonyl (C=O) groups excluding carboxylic acids is 1. The summed E-state index contributed by atoms with van der Waals surface area (Å²) >= 11 is 0. The zero-order valence-corrected chi connectivity index (χ0v) is 15.5. The van der Waals surface area contributed by atoms with Gasteiger partial charge in [-0.3, -0.25) is 4.79 Å². The van der Waals surface area contributed by atoms with Crippen LogP contribution in [-0.4, -0.2) is 37.0 Å². The third-order valence-corrected chi connectivity index (χ3v) is 5.58. The van der Waals surface area contributed by atoms with Crippen LogP contribution in [-0.2, 0) is 20.2 Å². The second kappa shape index (κ2) is 6.87. The molecule has 3 aromatic carbocycles. The molecule has 1 amide bonds. The molecule has 0 unspecified atom stereocenters. The molecule has 0 saturated heterocycles. The van der Waals surface area contributed by atoms with E-state index in [1.165, 1.54) is 12.1 Å². The van der Waals surface area contributed by atoms with Gasteiger partial charge in [-0.25, -0.2) is 16.8 Å². The number of anilines is 1. The van der Waals surface area contributed by atoms with Gasteiger partial charge in [-0.05, 0) is 36.4 Å². The van der Waals surface area contributed by atoms with Gasteiger partial charge in [0.05, 0.1) is 15.5 Å². The summed E-state index contributed by atoms with van der Waals surface area (Å²) in [7, 11) is -10.1. The van der Waals surface area contributed by atoms with Crippen LogP contribution >= 0.6 is 0 Å². The average molecular weight is 421 g/mol. The van der Waals surface area contributed by atoms with Crippen molar-refractivity contribution in [2.45, 2.75) is 9.79 Å². The highest BCUT2D eigenvalue weighted by Crippen LogP contribution is 2.38. The van der Waals surface area contributed by atoms with E-state index < -0.39 is 47.1 Å². The number of benzene rings is 3. The predicted octanol–water partition coefficient (Wildman–Crippen LogP) is 1.61. The fourth-order valence-electron chi connectivity index (χ4n) is 2.66. The Morgan fingerprint density at radius 1 is 0.893 bits per heavy atom. The van der Waals surface area contributed by atoms with Crippen LogP contribution in [0.5, 0.6) is 5.75 Å². The van der Waals surface area contributed by atoms with Gasteiger partial charge < -0.3 is 19.5 Å². The van der Waals surface area contributed by atoms with E-state index in [2.05, 4.69) is 5.32 Å². The number of hydrogen-bond donors (Lipinski definition) is 2. The summed E-state index contributed by atoms with van der Waals surface area (Å²) in [4.78, 5) is 10.6. The summed E-state index contributed by atoms with van der Waals surface area (Å²) in [5.74, 6) is -1.39. The van der Waals surface area contributed by atoms with Crippen LogP contribution in [0.4, 0.5) is 5.69 Å². The molecule has 0 bridgehead atoms. The molecule has 0 heterocycles. The summed E-state index contributed by atoms with van der Waals surface area (Å²) in [6, 6.07) is 11.2. The van der Waals surface area contributed by atoms with Gasteiger partial charge >= 0.3 is 0 Å². The minimum absolute atomic E-state index is 0.0800. The van der Waals surface area contributed by atoms with Crippen molar-refractivity contribution >= 4 is 42.6 Å². The van der Waals surface area contributed by atoms with Crippen molar-refractivity contribution in [2.24, 2.45) is 0 Å². The normalized spacial score (nSPS) is 12.1. The molecule has 0 aliphatic rings. The number of aromatic hydroxyl groups is 1. The van der Waals surface area contributed by atoms with Crippen molar-refractivity contribution in [1.29, 1.82) is 0 Å². The van der Waals surface area contributed by atoms with Crippen molar-refractivity contribution in [3.05, 3.63) is 60.2 Å². The topological polar surface area (TPSA) is 164 Å². The van der Waals surface area contributed by atoms with E-state index in [4.69, 9.17) is 0 Å². The average Bonchev–Trinajstić information content (AvgIpc) is 2.60. The molecule has 3 aromatic rings. The van der Waals surface area contributed by atoms with Crippen LogP contribution in [0.2, 0.25) is 0 Å². The smallest absolute Gasteiger partial charge is 0.255 e. The molecular weight excluding hydrogens is 410 g/mol. The molecule has 0 spiro atoms. The molecule has 146 valence electrons. The number of nitrogens with one attached hydrogen (secondary N) is 1. The summed E-state index contributed by atoms with van der Waals surface area (Å²) in [5.41, 5.74) is 0.179. The van der Waals surface area contributed by atoms with E-state index in [1.807, 2.05) is 0 Å². The van der Waals surface area contributed by atoms with E-state index in [9.17, 15) is 35.8 Å². The first-order valence-electron chi connectivity index (χ1n) is 7.56. The quantitative estimate of drug-likeness (QED) is 0.600. The third kappa shape index (κ3) is 3.82. The summed E-state index contributed by atoms with van der Waals surface area (Å²) in [6.45, 7) is 0. The maximum Gasteiger partial charge on any atom is 0.255 e. The molecule has 9 nitrogen and oxygen atoms in total. The van der Waals surface area contributed by atoms with E-state index in [1.54, 1.807) is 18.2 Å². The molecule has 2 N–H and O–H groups in total. The number of phenolic OH excluding ortho intramolecular Hbond substituents is 1. The maximum absolute atomic E-state index is 12.4. The molecule has 0 saturated carbocycles. The molecule has 0 aliphatic carbocycles. The standard InChI is InChI=1S/C17H13NO8S2/c19-14-9-11(27(21,22)23)8-12-15(28(24,25)26)7-6-13(16(12)14)18-17(20)10-4-2-1-3-5-10/h1-9,19H,(H,18,20)(H,21,22,23)(H,24,25,26)/p-2. The van der Waals surface area contributed by atoms with Gasteiger partial charge in [-0.2, -0.15) is 0 Å². The van der Waals surface area contributed by atoms with Gasteiger partial charge in [-0.1, -0.05) is 18.2 Å². The number of phenols is 1. The van der Waals surface area contributed by atoms with Crippen LogP contribution < -0.4 is 5.32 Å². The maximum atomic E-state index is 12.4.